The van der Waals surface area contributed by atoms with Gasteiger partial charge in [-0.2, -0.15) is 9.61 Å². The van der Waals surface area contributed by atoms with Crippen LogP contribution < -0.4 is 5.56 Å². The van der Waals surface area contributed by atoms with Gasteiger partial charge >= 0.3 is 0 Å². The lowest BCUT2D eigenvalue weighted by Crippen LogP contribution is -2.23. The predicted octanol–water partition coefficient (Wildman–Crippen LogP) is 1.03. The first kappa shape index (κ1) is 15.0. The van der Waals surface area contributed by atoms with Gasteiger partial charge in [-0.3, -0.25) is 9.59 Å². The van der Waals surface area contributed by atoms with E-state index in [9.17, 15) is 9.59 Å². The topological polar surface area (TPSA) is 67.6 Å². The Kier molecular flexibility index (Phi) is 4.77. The third-order valence-electron chi connectivity index (χ3n) is 2.62. The van der Waals surface area contributed by atoms with E-state index < -0.39 is 0 Å². The second-order valence-corrected chi connectivity index (χ2v) is 6.44. The van der Waals surface area contributed by atoms with E-state index in [0.29, 0.717) is 22.2 Å². The predicted molar refractivity (Wildman–Crippen MR) is 81.4 cm³/mol. The molecule has 0 N–H and O–H groups in total. The van der Waals surface area contributed by atoms with Crippen LogP contribution in [-0.2, 0) is 17.0 Å². The smallest absolute Gasteiger partial charge is 0.275 e. The summed E-state index contributed by atoms with van der Waals surface area (Å²) in [5.74, 6) is 0.987. The summed E-state index contributed by atoms with van der Waals surface area (Å²) in [6, 6.07) is 1.49. The highest BCUT2D eigenvalue weighted by molar-refractivity contribution is 7.99. The Labute approximate surface area is 124 Å². The monoisotopic (exact) mass is 312 g/mol. The number of aryl methyl sites for hydroxylation is 1. The molecule has 0 saturated carbocycles. The number of fused-ring (bicyclic) bond motifs is 1. The minimum absolute atomic E-state index is 0.0545. The van der Waals surface area contributed by atoms with E-state index in [2.05, 4.69) is 10.1 Å². The summed E-state index contributed by atoms with van der Waals surface area (Å²) in [5.41, 5.74) is 0.526. The zero-order valence-corrected chi connectivity index (χ0v) is 13.3. The number of hydrogen-bond donors (Lipinski definition) is 0. The Morgan fingerprint density at radius 2 is 2.25 bits per heavy atom. The van der Waals surface area contributed by atoms with Crippen molar-refractivity contribution in [3.63, 3.8) is 0 Å². The van der Waals surface area contributed by atoms with Crippen molar-refractivity contribution in [3.05, 3.63) is 27.1 Å². The van der Waals surface area contributed by atoms with Crippen molar-refractivity contribution in [2.75, 3.05) is 19.8 Å². The van der Waals surface area contributed by atoms with Gasteiger partial charge in [0.05, 0.1) is 11.4 Å². The molecule has 0 aliphatic carbocycles. The molecule has 1 amide bonds. The molecule has 6 nitrogen and oxygen atoms in total. The molecule has 0 aliphatic rings. The van der Waals surface area contributed by atoms with Crippen molar-refractivity contribution < 1.29 is 4.79 Å². The molecule has 0 radical (unpaired) electrons. The molecule has 20 heavy (non-hydrogen) atoms. The van der Waals surface area contributed by atoms with Crippen LogP contribution in [0.15, 0.2) is 10.9 Å². The maximum Gasteiger partial charge on any atom is 0.275 e. The molecule has 0 unspecified atom stereocenters. The van der Waals surface area contributed by atoms with Crippen LogP contribution in [0, 0.1) is 0 Å². The molecule has 0 aromatic carbocycles. The Bertz CT molecular complexity index is 678. The first-order chi connectivity index (χ1) is 9.51. The number of rotatable bonds is 5. The van der Waals surface area contributed by atoms with Gasteiger partial charge in [0.2, 0.25) is 10.9 Å². The van der Waals surface area contributed by atoms with Crippen molar-refractivity contribution in [1.29, 1.82) is 0 Å². The highest BCUT2D eigenvalue weighted by Gasteiger charge is 2.09. The molecule has 2 aromatic rings. The SMILES string of the molecule is CCc1nn2c(=O)cc(CSCC(=O)N(C)C)nc2s1. The van der Waals surface area contributed by atoms with E-state index in [-0.39, 0.29) is 11.5 Å². The summed E-state index contributed by atoms with van der Waals surface area (Å²) >= 11 is 2.88. The zero-order valence-electron chi connectivity index (χ0n) is 11.6. The summed E-state index contributed by atoms with van der Waals surface area (Å²) in [6.07, 6.45) is 0.787. The maximum atomic E-state index is 11.9. The molecule has 0 aliphatic heterocycles. The maximum absolute atomic E-state index is 11.9. The van der Waals surface area contributed by atoms with Crippen molar-refractivity contribution in [3.8, 4) is 0 Å². The van der Waals surface area contributed by atoms with E-state index in [1.165, 1.54) is 33.7 Å². The summed E-state index contributed by atoms with van der Waals surface area (Å²) in [5, 5.41) is 5.09. The number of nitrogens with zero attached hydrogens (tertiary/aromatic N) is 4. The first-order valence-electron chi connectivity index (χ1n) is 6.18. The lowest BCUT2D eigenvalue weighted by molar-refractivity contribution is -0.125. The van der Waals surface area contributed by atoms with Gasteiger partial charge in [-0.25, -0.2) is 4.98 Å². The highest BCUT2D eigenvalue weighted by atomic mass is 32.2. The standard InChI is InChI=1S/C12H16N4O2S2/c1-4-9-14-16-10(17)5-8(13-12(16)20-9)6-19-7-11(18)15(2)3/h5H,4,6-7H2,1-3H3. The largest absolute Gasteiger partial charge is 0.348 e. The van der Waals surface area contributed by atoms with Crippen LogP contribution in [0.3, 0.4) is 0 Å². The van der Waals surface area contributed by atoms with Crippen LogP contribution >= 0.6 is 23.1 Å². The fraction of sp³-hybridized carbons (Fsp3) is 0.500. The highest BCUT2D eigenvalue weighted by Crippen LogP contribution is 2.14. The lowest BCUT2D eigenvalue weighted by atomic mass is 10.4. The van der Waals surface area contributed by atoms with Crippen molar-refractivity contribution >= 4 is 34.0 Å². The van der Waals surface area contributed by atoms with Crippen LogP contribution in [0.1, 0.15) is 17.6 Å². The van der Waals surface area contributed by atoms with Gasteiger partial charge in [-0.15, -0.1) is 11.8 Å². The van der Waals surface area contributed by atoms with Crippen LogP contribution in [-0.4, -0.2) is 45.3 Å². The van der Waals surface area contributed by atoms with Crippen LogP contribution in [0.2, 0.25) is 0 Å². The molecule has 8 heteroatoms. The fourth-order valence-electron chi connectivity index (χ4n) is 1.48. The van der Waals surface area contributed by atoms with E-state index >= 15 is 0 Å². The molecular formula is C12H16N4O2S2. The zero-order chi connectivity index (χ0) is 14.7. The Morgan fingerprint density at radius 3 is 2.90 bits per heavy atom. The van der Waals surface area contributed by atoms with Gasteiger partial charge in [0.15, 0.2) is 0 Å². The minimum atomic E-state index is -0.166. The quantitative estimate of drug-likeness (QED) is 0.825. The summed E-state index contributed by atoms with van der Waals surface area (Å²) in [7, 11) is 3.45. The average Bonchev–Trinajstić information content (AvgIpc) is 2.82. The van der Waals surface area contributed by atoms with Gasteiger partial charge in [0.1, 0.15) is 5.01 Å². The average molecular weight is 312 g/mol. The summed E-state index contributed by atoms with van der Waals surface area (Å²) < 4.78 is 1.34. The molecule has 0 bridgehead atoms. The molecule has 0 atom stereocenters. The molecule has 0 fully saturated rings. The second-order valence-electron chi connectivity index (χ2n) is 4.41. The summed E-state index contributed by atoms with van der Waals surface area (Å²) in [4.78, 5) is 30.0. The van der Waals surface area contributed by atoms with Crippen LogP contribution in [0.4, 0.5) is 0 Å². The Morgan fingerprint density at radius 1 is 1.50 bits per heavy atom. The van der Waals surface area contributed by atoms with Gasteiger partial charge in [-0.05, 0) is 6.42 Å². The number of hydrogen-bond acceptors (Lipinski definition) is 6. The van der Waals surface area contributed by atoms with Crippen molar-refractivity contribution in [2.45, 2.75) is 19.1 Å². The Balaban J connectivity index is 2.11. The number of amides is 1. The van der Waals surface area contributed by atoms with Crippen molar-refractivity contribution in [1.82, 2.24) is 19.5 Å². The molecular weight excluding hydrogens is 296 g/mol. The number of aromatic nitrogens is 3. The Hall–Kier alpha value is -1.41. The molecule has 2 rings (SSSR count). The van der Waals surface area contributed by atoms with E-state index in [1.54, 1.807) is 19.0 Å². The minimum Gasteiger partial charge on any atom is -0.348 e. The normalized spacial score (nSPS) is 10.9. The van der Waals surface area contributed by atoms with E-state index in [4.69, 9.17) is 0 Å². The van der Waals surface area contributed by atoms with Gasteiger partial charge in [-0.1, -0.05) is 18.3 Å². The fourth-order valence-corrected chi connectivity index (χ4v) is 3.23. The number of thioether (sulfide) groups is 1. The molecule has 2 heterocycles. The molecule has 2 aromatic heterocycles. The first-order valence-corrected chi connectivity index (χ1v) is 8.15. The second kappa shape index (κ2) is 6.36. The van der Waals surface area contributed by atoms with Gasteiger partial charge in [0.25, 0.3) is 5.56 Å². The molecule has 0 saturated heterocycles. The summed E-state index contributed by atoms with van der Waals surface area (Å²) in [6.45, 7) is 1.99. The number of carbonyl (C=O) groups excluding carboxylic acids is 1. The lowest BCUT2D eigenvalue weighted by Gasteiger charge is -2.09. The molecule has 108 valence electrons. The van der Waals surface area contributed by atoms with Crippen LogP contribution in [0.5, 0.6) is 0 Å². The van der Waals surface area contributed by atoms with Crippen molar-refractivity contribution in [2.24, 2.45) is 0 Å². The van der Waals surface area contributed by atoms with E-state index in [0.717, 1.165) is 11.4 Å². The number of carbonyl (C=O) groups is 1. The molecule has 0 spiro atoms. The van der Waals surface area contributed by atoms with E-state index in [1.807, 2.05) is 6.92 Å². The van der Waals surface area contributed by atoms with Gasteiger partial charge < -0.3 is 4.90 Å². The third-order valence-corrected chi connectivity index (χ3v) is 4.62. The van der Waals surface area contributed by atoms with Crippen LogP contribution in [0.25, 0.3) is 4.96 Å². The third kappa shape index (κ3) is 3.37. The van der Waals surface area contributed by atoms with Gasteiger partial charge in [0, 0.05) is 25.9 Å².